The van der Waals surface area contributed by atoms with Gasteiger partial charge in [0.15, 0.2) is 9.84 Å². The van der Waals surface area contributed by atoms with Crippen LogP contribution in [0.15, 0.2) is 30.3 Å². The molecule has 0 aromatic heterocycles. The Morgan fingerprint density at radius 1 is 0.947 bits per heavy atom. The van der Waals surface area contributed by atoms with Gasteiger partial charge in [0, 0.05) is 5.92 Å². The van der Waals surface area contributed by atoms with Crippen molar-refractivity contribution in [3.05, 3.63) is 30.3 Å². The Hall–Kier alpha value is -1.03. The number of hydrogen-bond donors (Lipinski definition) is 0. The second-order valence-electron chi connectivity index (χ2n) is 6.27. The van der Waals surface area contributed by atoms with E-state index < -0.39 is 9.84 Å². The summed E-state index contributed by atoms with van der Waals surface area (Å²) < 4.78 is 29.7. The summed E-state index contributed by atoms with van der Waals surface area (Å²) in [5, 5.41) is 0. The van der Waals surface area contributed by atoms with Crippen LogP contribution in [0.4, 0.5) is 0 Å². The average molecular weight is 278 g/mol. The molecule has 3 aliphatic rings. The van der Waals surface area contributed by atoms with E-state index in [4.69, 9.17) is 4.74 Å². The highest BCUT2D eigenvalue weighted by Crippen LogP contribution is 2.56. The average Bonchev–Trinajstić information content (AvgIpc) is 2.99. The molecule has 4 heteroatoms. The fraction of sp³-hybridized carbons (Fsp3) is 0.600. The topological polar surface area (TPSA) is 43.4 Å². The fourth-order valence-electron chi connectivity index (χ4n) is 4.51. The second-order valence-corrected chi connectivity index (χ2v) is 8.42. The second kappa shape index (κ2) is 3.98. The number of ether oxygens (including phenoxy) is 1. The van der Waals surface area contributed by atoms with Gasteiger partial charge in [0.2, 0.25) is 0 Å². The lowest BCUT2D eigenvalue weighted by molar-refractivity contribution is 0.0911. The molecular formula is C15H18O3S. The normalized spacial score (nSPS) is 42.2. The lowest BCUT2D eigenvalue weighted by atomic mass is 9.80. The van der Waals surface area contributed by atoms with Crippen LogP contribution < -0.4 is 4.74 Å². The summed E-state index contributed by atoms with van der Waals surface area (Å²) in [6, 6.07) is 9.90. The zero-order valence-electron chi connectivity index (χ0n) is 10.7. The lowest BCUT2D eigenvalue weighted by Gasteiger charge is -2.30. The van der Waals surface area contributed by atoms with Crippen LogP contribution in [0.2, 0.25) is 0 Å². The van der Waals surface area contributed by atoms with Crippen molar-refractivity contribution in [1.82, 2.24) is 0 Å². The number of benzene rings is 1. The van der Waals surface area contributed by atoms with Crippen molar-refractivity contribution in [2.75, 3.05) is 11.5 Å². The van der Waals surface area contributed by atoms with Crippen LogP contribution in [-0.4, -0.2) is 26.0 Å². The summed E-state index contributed by atoms with van der Waals surface area (Å²) >= 11 is 0. The van der Waals surface area contributed by atoms with Gasteiger partial charge in [0.05, 0.1) is 11.5 Å². The Bertz CT molecular complexity index is 581. The molecule has 0 radical (unpaired) electrons. The first kappa shape index (κ1) is 11.8. The third kappa shape index (κ3) is 1.88. The van der Waals surface area contributed by atoms with Crippen LogP contribution >= 0.6 is 0 Å². The van der Waals surface area contributed by atoms with Gasteiger partial charge in [-0.2, -0.15) is 0 Å². The van der Waals surface area contributed by atoms with E-state index in [2.05, 4.69) is 0 Å². The fourth-order valence-corrected chi connectivity index (χ4v) is 6.83. The maximum Gasteiger partial charge on any atom is 0.150 e. The number of sulfone groups is 1. The quantitative estimate of drug-likeness (QED) is 0.832. The molecule has 2 bridgehead atoms. The molecule has 1 aliphatic heterocycles. The maximum atomic E-state index is 11.8. The van der Waals surface area contributed by atoms with Gasteiger partial charge in [0.1, 0.15) is 11.9 Å². The van der Waals surface area contributed by atoms with E-state index >= 15 is 0 Å². The molecule has 3 nitrogen and oxygen atoms in total. The lowest BCUT2D eigenvalue weighted by Crippen LogP contribution is -2.34. The van der Waals surface area contributed by atoms with Gasteiger partial charge in [-0.3, -0.25) is 0 Å². The minimum atomic E-state index is -2.78. The Morgan fingerprint density at radius 2 is 1.68 bits per heavy atom. The molecule has 1 aromatic carbocycles. The van der Waals surface area contributed by atoms with Crippen molar-refractivity contribution in [3.8, 4) is 5.75 Å². The molecular weight excluding hydrogens is 260 g/mol. The Morgan fingerprint density at radius 3 is 2.47 bits per heavy atom. The van der Waals surface area contributed by atoms with Gasteiger partial charge in [-0.15, -0.1) is 0 Å². The SMILES string of the molecule is O=S1(=O)C[C@H]2[C@H](C1)[C@H]1C[C@H]2[C@H](Oc2ccccc2)C1. The summed E-state index contributed by atoms with van der Waals surface area (Å²) in [6.07, 6.45) is 2.43. The molecule has 2 aliphatic carbocycles. The molecule has 2 saturated carbocycles. The van der Waals surface area contributed by atoms with Crippen molar-refractivity contribution in [2.45, 2.75) is 18.9 Å². The Kier molecular flexibility index (Phi) is 2.47. The predicted octanol–water partition coefficient (Wildman–Crippen LogP) is 2.13. The van der Waals surface area contributed by atoms with Crippen LogP contribution in [0.5, 0.6) is 5.75 Å². The smallest absolute Gasteiger partial charge is 0.150 e. The highest BCUT2D eigenvalue weighted by atomic mass is 32.2. The van der Waals surface area contributed by atoms with Gasteiger partial charge in [0.25, 0.3) is 0 Å². The van der Waals surface area contributed by atoms with E-state index in [1.807, 2.05) is 30.3 Å². The highest BCUT2D eigenvalue weighted by molar-refractivity contribution is 7.91. The third-order valence-electron chi connectivity index (χ3n) is 5.22. The van der Waals surface area contributed by atoms with Crippen molar-refractivity contribution >= 4 is 9.84 Å². The van der Waals surface area contributed by atoms with E-state index in [-0.39, 0.29) is 6.10 Å². The zero-order chi connectivity index (χ0) is 13.0. The molecule has 1 aromatic rings. The molecule has 3 fully saturated rings. The van der Waals surface area contributed by atoms with E-state index in [1.54, 1.807) is 0 Å². The number of para-hydroxylation sites is 1. The molecule has 4 rings (SSSR count). The molecule has 1 heterocycles. The first-order valence-corrected chi connectivity index (χ1v) is 8.87. The van der Waals surface area contributed by atoms with Gasteiger partial charge >= 0.3 is 0 Å². The van der Waals surface area contributed by atoms with Crippen molar-refractivity contribution < 1.29 is 13.2 Å². The Labute approximate surface area is 113 Å². The monoisotopic (exact) mass is 278 g/mol. The van der Waals surface area contributed by atoms with E-state index in [0.29, 0.717) is 35.2 Å². The van der Waals surface area contributed by atoms with E-state index in [0.717, 1.165) is 12.2 Å². The summed E-state index contributed by atoms with van der Waals surface area (Å²) in [4.78, 5) is 0. The number of hydrogen-bond acceptors (Lipinski definition) is 3. The third-order valence-corrected chi connectivity index (χ3v) is 7.00. The zero-order valence-corrected chi connectivity index (χ0v) is 11.6. The summed E-state index contributed by atoms with van der Waals surface area (Å²) in [6.45, 7) is 0. The number of fused-ring (bicyclic) bond motifs is 5. The highest BCUT2D eigenvalue weighted by Gasteiger charge is 2.58. The van der Waals surface area contributed by atoms with E-state index in [1.165, 1.54) is 6.42 Å². The minimum Gasteiger partial charge on any atom is -0.490 e. The van der Waals surface area contributed by atoms with E-state index in [9.17, 15) is 8.42 Å². The van der Waals surface area contributed by atoms with Gasteiger partial charge in [-0.25, -0.2) is 8.42 Å². The summed E-state index contributed by atoms with van der Waals surface area (Å²) in [7, 11) is -2.78. The standard InChI is InChI=1S/C15H18O3S/c16-19(17)8-13-10-6-12(14(13)9-19)15(7-10)18-11-4-2-1-3-5-11/h1-5,10,12-15H,6-9H2/t10-,12+,13+,14+,15+/m0/s1. The minimum absolute atomic E-state index is 0.224. The van der Waals surface area contributed by atoms with Crippen molar-refractivity contribution in [3.63, 3.8) is 0 Å². The first-order chi connectivity index (χ1) is 9.12. The Balaban J connectivity index is 1.54. The van der Waals surface area contributed by atoms with Crippen molar-refractivity contribution in [2.24, 2.45) is 23.7 Å². The van der Waals surface area contributed by atoms with Crippen LogP contribution in [0.1, 0.15) is 12.8 Å². The van der Waals surface area contributed by atoms with Gasteiger partial charge < -0.3 is 4.74 Å². The predicted molar refractivity (Wildman–Crippen MR) is 72.7 cm³/mol. The largest absolute Gasteiger partial charge is 0.490 e. The number of rotatable bonds is 2. The molecule has 0 unspecified atom stereocenters. The van der Waals surface area contributed by atoms with Gasteiger partial charge in [-0.1, -0.05) is 18.2 Å². The van der Waals surface area contributed by atoms with Crippen LogP contribution in [0.25, 0.3) is 0 Å². The summed E-state index contributed by atoms with van der Waals surface area (Å²) in [5.74, 6) is 3.54. The molecule has 0 spiro atoms. The molecule has 19 heavy (non-hydrogen) atoms. The molecule has 1 saturated heterocycles. The van der Waals surface area contributed by atoms with Crippen LogP contribution in [0.3, 0.4) is 0 Å². The first-order valence-electron chi connectivity index (χ1n) is 7.04. The molecule has 102 valence electrons. The maximum absolute atomic E-state index is 11.8. The summed E-state index contributed by atoms with van der Waals surface area (Å²) in [5.41, 5.74) is 0. The molecule has 0 N–H and O–H groups in total. The molecule has 5 atom stereocenters. The van der Waals surface area contributed by atoms with Crippen LogP contribution in [-0.2, 0) is 9.84 Å². The van der Waals surface area contributed by atoms with Crippen molar-refractivity contribution in [1.29, 1.82) is 0 Å². The van der Waals surface area contributed by atoms with Gasteiger partial charge in [-0.05, 0) is 42.7 Å². The van der Waals surface area contributed by atoms with Crippen LogP contribution in [0, 0.1) is 23.7 Å². The molecule has 0 amide bonds.